The van der Waals surface area contributed by atoms with Crippen molar-refractivity contribution in [2.45, 2.75) is 26.3 Å². The second-order valence-electron chi connectivity index (χ2n) is 8.03. The van der Waals surface area contributed by atoms with Gasteiger partial charge in [-0.1, -0.05) is 29.4 Å². The Hall–Kier alpha value is -3.17. The molecule has 1 N–H and O–H groups in total. The summed E-state index contributed by atoms with van der Waals surface area (Å²) in [4.78, 5) is 29.3. The molecular formula is C23H29N7O2. The monoisotopic (exact) mass is 435 g/mol. The fourth-order valence-corrected chi connectivity index (χ4v) is 3.86. The molecule has 32 heavy (non-hydrogen) atoms. The fraction of sp³-hybridized carbons (Fsp3) is 0.435. The molecule has 0 bridgehead atoms. The van der Waals surface area contributed by atoms with Gasteiger partial charge in [0.25, 0.3) is 0 Å². The maximum absolute atomic E-state index is 12.3. The number of aryl methyl sites for hydroxylation is 1. The molecule has 1 saturated heterocycles. The van der Waals surface area contributed by atoms with Crippen LogP contribution in [-0.2, 0) is 6.54 Å². The van der Waals surface area contributed by atoms with Crippen LogP contribution in [0, 0.1) is 6.92 Å². The van der Waals surface area contributed by atoms with Crippen LogP contribution in [0.2, 0.25) is 0 Å². The average Bonchev–Trinajstić information content (AvgIpc) is 3.21. The molecule has 0 spiro atoms. The standard InChI is InChI=1S/C23H29N7O2/c1-18-6-2-3-7-19(18)16-30-13-5-12-29(14-15-30)11-4-9-25-22(31)23-27-21(28-32-23)20-8-10-24-17-26-20/h2-3,6-8,10,17H,4-5,9,11-16H2,1H3,(H,25,31). The van der Waals surface area contributed by atoms with Crippen LogP contribution in [0.4, 0.5) is 0 Å². The largest absolute Gasteiger partial charge is 0.348 e. The minimum absolute atomic E-state index is 0.0553. The van der Waals surface area contributed by atoms with Crippen LogP contribution >= 0.6 is 0 Å². The van der Waals surface area contributed by atoms with E-state index in [9.17, 15) is 4.79 Å². The van der Waals surface area contributed by atoms with Crippen molar-refractivity contribution in [2.24, 2.45) is 0 Å². The molecule has 1 aromatic carbocycles. The SMILES string of the molecule is Cc1ccccc1CN1CCCN(CCCNC(=O)c2nc(-c3ccncn3)no2)CC1. The first-order valence-electron chi connectivity index (χ1n) is 11.1. The summed E-state index contributed by atoms with van der Waals surface area (Å²) in [6, 6.07) is 10.3. The van der Waals surface area contributed by atoms with Crippen molar-refractivity contribution >= 4 is 5.91 Å². The van der Waals surface area contributed by atoms with Gasteiger partial charge in [-0.05, 0) is 56.6 Å². The number of hydrogen-bond donors (Lipinski definition) is 1. The topological polar surface area (TPSA) is 100 Å². The van der Waals surface area contributed by atoms with Gasteiger partial charge in [0.1, 0.15) is 12.0 Å². The number of nitrogens with one attached hydrogen (secondary N) is 1. The second kappa shape index (κ2) is 10.9. The summed E-state index contributed by atoms with van der Waals surface area (Å²) < 4.78 is 5.06. The number of aromatic nitrogens is 4. The molecule has 9 nitrogen and oxygen atoms in total. The van der Waals surface area contributed by atoms with Crippen molar-refractivity contribution in [3.05, 3.63) is 59.9 Å². The lowest BCUT2D eigenvalue weighted by Gasteiger charge is -2.22. The third kappa shape index (κ3) is 5.95. The van der Waals surface area contributed by atoms with Crippen LogP contribution in [0.3, 0.4) is 0 Å². The second-order valence-corrected chi connectivity index (χ2v) is 8.03. The Labute approximate surface area is 187 Å². The molecule has 2 aromatic heterocycles. The summed E-state index contributed by atoms with van der Waals surface area (Å²) in [5.74, 6) is -0.143. The highest BCUT2D eigenvalue weighted by atomic mass is 16.5. The molecule has 3 aromatic rings. The first kappa shape index (κ1) is 22.0. The number of benzene rings is 1. The van der Waals surface area contributed by atoms with Gasteiger partial charge in [-0.25, -0.2) is 9.97 Å². The van der Waals surface area contributed by atoms with Gasteiger partial charge >= 0.3 is 11.8 Å². The van der Waals surface area contributed by atoms with Crippen molar-refractivity contribution < 1.29 is 9.32 Å². The van der Waals surface area contributed by atoms with Crippen molar-refractivity contribution in [1.82, 2.24) is 35.2 Å². The number of nitrogens with zero attached hydrogens (tertiary/aromatic N) is 6. The first-order valence-corrected chi connectivity index (χ1v) is 11.1. The predicted molar refractivity (Wildman–Crippen MR) is 120 cm³/mol. The van der Waals surface area contributed by atoms with E-state index in [0.717, 1.165) is 52.1 Å². The van der Waals surface area contributed by atoms with E-state index in [2.05, 4.69) is 66.4 Å². The van der Waals surface area contributed by atoms with Crippen molar-refractivity contribution in [3.8, 4) is 11.5 Å². The average molecular weight is 436 g/mol. The van der Waals surface area contributed by atoms with Gasteiger partial charge in [0.05, 0.1) is 0 Å². The minimum atomic E-state index is -0.363. The van der Waals surface area contributed by atoms with E-state index in [4.69, 9.17) is 4.52 Å². The molecular weight excluding hydrogens is 406 g/mol. The predicted octanol–water partition coefficient (Wildman–Crippen LogP) is 2.16. The van der Waals surface area contributed by atoms with Crippen LogP contribution in [0.25, 0.3) is 11.5 Å². The van der Waals surface area contributed by atoms with Crippen LogP contribution in [0.5, 0.6) is 0 Å². The summed E-state index contributed by atoms with van der Waals surface area (Å²) >= 11 is 0. The summed E-state index contributed by atoms with van der Waals surface area (Å²) in [6.07, 6.45) is 5.02. The number of carbonyl (C=O) groups is 1. The van der Waals surface area contributed by atoms with Gasteiger partial charge in [0, 0.05) is 32.4 Å². The van der Waals surface area contributed by atoms with Crippen molar-refractivity contribution in [3.63, 3.8) is 0 Å². The molecule has 1 aliphatic heterocycles. The summed E-state index contributed by atoms with van der Waals surface area (Å²) in [6.45, 7) is 9.02. The summed E-state index contributed by atoms with van der Waals surface area (Å²) in [7, 11) is 0. The van der Waals surface area contributed by atoms with E-state index in [1.807, 2.05) is 0 Å². The smallest absolute Gasteiger partial charge is 0.316 e. The highest BCUT2D eigenvalue weighted by molar-refractivity contribution is 5.89. The van der Waals surface area contributed by atoms with Gasteiger partial charge < -0.3 is 14.7 Å². The van der Waals surface area contributed by atoms with Crippen molar-refractivity contribution in [2.75, 3.05) is 39.3 Å². The molecule has 0 unspecified atom stereocenters. The van der Waals surface area contributed by atoms with E-state index in [-0.39, 0.29) is 17.6 Å². The molecule has 168 valence electrons. The van der Waals surface area contributed by atoms with E-state index in [1.165, 1.54) is 17.5 Å². The number of amides is 1. The highest BCUT2D eigenvalue weighted by Gasteiger charge is 2.18. The number of rotatable bonds is 8. The number of carbonyl (C=O) groups excluding carboxylic acids is 1. The van der Waals surface area contributed by atoms with E-state index in [0.29, 0.717) is 12.2 Å². The van der Waals surface area contributed by atoms with Crippen LogP contribution < -0.4 is 5.32 Å². The third-order valence-corrected chi connectivity index (χ3v) is 5.70. The Morgan fingerprint density at radius 3 is 2.81 bits per heavy atom. The lowest BCUT2D eigenvalue weighted by Crippen LogP contribution is -2.33. The number of hydrogen-bond acceptors (Lipinski definition) is 8. The molecule has 4 rings (SSSR count). The molecule has 3 heterocycles. The Morgan fingerprint density at radius 1 is 1.12 bits per heavy atom. The first-order chi connectivity index (χ1) is 15.7. The molecule has 0 saturated carbocycles. The van der Waals surface area contributed by atoms with Crippen LogP contribution in [0.1, 0.15) is 34.7 Å². The van der Waals surface area contributed by atoms with Gasteiger partial charge in [-0.2, -0.15) is 4.98 Å². The van der Waals surface area contributed by atoms with Gasteiger partial charge in [-0.15, -0.1) is 0 Å². The fourth-order valence-electron chi connectivity index (χ4n) is 3.86. The molecule has 1 aliphatic rings. The molecule has 1 fully saturated rings. The molecule has 0 radical (unpaired) electrons. The zero-order valence-electron chi connectivity index (χ0n) is 18.4. The normalized spacial score (nSPS) is 15.4. The maximum atomic E-state index is 12.3. The lowest BCUT2D eigenvalue weighted by atomic mass is 10.1. The molecule has 0 atom stereocenters. The molecule has 1 amide bonds. The molecule has 9 heteroatoms. The van der Waals surface area contributed by atoms with Crippen LogP contribution in [-0.4, -0.2) is 75.1 Å². The van der Waals surface area contributed by atoms with E-state index >= 15 is 0 Å². The van der Waals surface area contributed by atoms with E-state index < -0.39 is 0 Å². The quantitative estimate of drug-likeness (QED) is 0.538. The zero-order chi connectivity index (χ0) is 22.2. The van der Waals surface area contributed by atoms with Crippen molar-refractivity contribution in [1.29, 1.82) is 0 Å². The van der Waals surface area contributed by atoms with Gasteiger partial charge in [0.15, 0.2) is 0 Å². The van der Waals surface area contributed by atoms with Gasteiger partial charge in [0.2, 0.25) is 5.82 Å². The Kier molecular flexibility index (Phi) is 7.52. The Bertz CT molecular complexity index is 1010. The molecule has 0 aliphatic carbocycles. The lowest BCUT2D eigenvalue weighted by molar-refractivity contribution is 0.0908. The highest BCUT2D eigenvalue weighted by Crippen LogP contribution is 2.13. The van der Waals surface area contributed by atoms with E-state index in [1.54, 1.807) is 12.3 Å². The summed E-state index contributed by atoms with van der Waals surface area (Å²) in [5, 5.41) is 6.67. The van der Waals surface area contributed by atoms with Gasteiger partial charge in [-0.3, -0.25) is 9.69 Å². The maximum Gasteiger partial charge on any atom is 0.316 e. The Balaban J connectivity index is 1.17. The minimum Gasteiger partial charge on any atom is -0.348 e. The third-order valence-electron chi connectivity index (χ3n) is 5.70. The zero-order valence-corrected chi connectivity index (χ0v) is 18.4. The Morgan fingerprint density at radius 2 is 1.97 bits per heavy atom. The van der Waals surface area contributed by atoms with Crippen LogP contribution in [0.15, 0.2) is 47.4 Å². The summed E-state index contributed by atoms with van der Waals surface area (Å²) in [5.41, 5.74) is 3.28.